The van der Waals surface area contributed by atoms with E-state index in [1.54, 1.807) is 13.0 Å². The van der Waals surface area contributed by atoms with E-state index in [-0.39, 0.29) is 5.91 Å². The highest BCUT2D eigenvalue weighted by Gasteiger charge is 2.19. The molecule has 0 aromatic carbocycles. The number of amides is 1. The molecule has 0 atom stereocenters. The average Bonchev–Trinajstić information content (AvgIpc) is 2.73. The molecule has 1 aromatic rings. The molecule has 1 aliphatic heterocycles. The van der Waals surface area contributed by atoms with Gasteiger partial charge in [-0.25, -0.2) is 9.78 Å². The molecule has 1 amide bonds. The fourth-order valence-corrected chi connectivity index (χ4v) is 2.38. The number of rotatable bonds is 2. The van der Waals surface area contributed by atoms with Crippen LogP contribution >= 0.6 is 0 Å². The summed E-state index contributed by atoms with van der Waals surface area (Å²) in [6.07, 6.45) is 2.33. The second-order valence-electron chi connectivity index (χ2n) is 4.97. The smallest absolute Gasteiger partial charge is 0.340 e. The van der Waals surface area contributed by atoms with Crippen LogP contribution in [0.1, 0.15) is 23.7 Å². The van der Waals surface area contributed by atoms with Crippen molar-refractivity contribution >= 4 is 23.4 Å². The van der Waals surface area contributed by atoms with E-state index in [1.165, 1.54) is 13.3 Å². The van der Waals surface area contributed by atoms with Crippen molar-refractivity contribution in [2.24, 2.45) is 0 Å². The number of nitrogens with zero attached hydrogens (tertiary/aromatic N) is 3. The van der Waals surface area contributed by atoms with Crippen molar-refractivity contribution in [1.29, 1.82) is 0 Å². The Morgan fingerprint density at radius 1 is 1.29 bits per heavy atom. The summed E-state index contributed by atoms with van der Waals surface area (Å²) in [4.78, 5) is 31.3. The van der Waals surface area contributed by atoms with Gasteiger partial charge in [-0.2, -0.15) is 0 Å². The Labute approximate surface area is 123 Å². The topological polar surface area (TPSA) is 88.8 Å². The molecular formula is C14H20N4O3. The summed E-state index contributed by atoms with van der Waals surface area (Å²) in [5.41, 5.74) is 6.37. The van der Waals surface area contributed by atoms with Crippen LogP contribution in [0.25, 0.3) is 0 Å². The first-order valence-corrected chi connectivity index (χ1v) is 6.87. The van der Waals surface area contributed by atoms with Crippen LogP contribution in [0.5, 0.6) is 0 Å². The fourth-order valence-electron chi connectivity index (χ4n) is 2.38. The van der Waals surface area contributed by atoms with Crippen molar-refractivity contribution < 1.29 is 14.3 Å². The molecule has 7 heteroatoms. The van der Waals surface area contributed by atoms with E-state index in [0.717, 1.165) is 19.5 Å². The van der Waals surface area contributed by atoms with Crippen molar-refractivity contribution in [3.8, 4) is 0 Å². The summed E-state index contributed by atoms with van der Waals surface area (Å²) in [6.45, 7) is 4.42. The Bertz CT molecular complexity index is 547. The quantitative estimate of drug-likeness (QED) is 0.799. The zero-order chi connectivity index (χ0) is 15.4. The lowest BCUT2D eigenvalue weighted by Crippen LogP contribution is -2.34. The van der Waals surface area contributed by atoms with Crippen molar-refractivity contribution in [2.45, 2.75) is 13.3 Å². The number of ether oxygens (including phenoxy) is 1. The first-order chi connectivity index (χ1) is 10.0. The number of carbonyl (C=O) groups excluding carboxylic acids is 2. The normalized spacial score (nSPS) is 15.5. The van der Waals surface area contributed by atoms with Gasteiger partial charge in [-0.05, 0) is 12.5 Å². The number of hydrogen-bond donors (Lipinski definition) is 1. The molecule has 2 N–H and O–H groups in total. The zero-order valence-corrected chi connectivity index (χ0v) is 12.3. The van der Waals surface area contributed by atoms with Crippen LogP contribution in [0.2, 0.25) is 0 Å². The Morgan fingerprint density at radius 3 is 2.71 bits per heavy atom. The SMILES string of the molecule is COC(=O)c1cc(N2CCCN(C(C)=O)CC2)ncc1N. The van der Waals surface area contributed by atoms with Gasteiger partial charge in [0.1, 0.15) is 5.82 Å². The third-order valence-electron chi connectivity index (χ3n) is 3.59. The van der Waals surface area contributed by atoms with Crippen LogP contribution in [0, 0.1) is 0 Å². The van der Waals surface area contributed by atoms with Crippen LogP contribution in [-0.2, 0) is 9.53 Å². The van der Waals surface area contributed by atoms with E-state index in [0.29, 0.717) is 30.2 Å². The highest BCUT2D eigenvalue weighted by Crippen LogP contribution is 2.20. The number of pyridine rings is 1. The van der Waals surface area contributed by atoms with Crippen molar-refractivity contribution in [1.82, 2.24) is 9.88 Å². The van der Waals surface area contributed by atoms with Crippen LogP contribution in [0.15, 0.2) is 12.3 Å². The molecule has 0 saturated carbocycles. The number of aromatic nitrogens is 1. The second kappa shape index (κ2) is 6.43. The van der Waals surface area contributed by atoms with E-state index in [1.807, 2.05) is 4.90 Å². The minimum absolute atomic E-state index is 0.0809. The number of esters is 1. The van der Waals surface area contributed by atoms with E-state index in [9.17, 15) is 9.59 Å². The predicted octanol–water partition coefficient (Wildman–Crippen LogP) is 0.509. The summed E-state index contributed by atoms with van der Waals surface area (Å²) in [5.74, 6) is 0.281. The third kappa shape index (κ3) is 3.42. The molecule has 1 aromatic heterocycles. The molecule has 2 heterocycles. The summed E-state index contributed by atoms with van der Waals surface area (Å²) in [5, 5.41) is 0. The fraction of sp³-hybridized carbons (Fsp3) is 0.500. The summed E-state index contributed by atoms with van der Waals surface area (Å²) in [7, 11) is 1.32. The van der Waals surface area contributed by atoms with Crippen LogP contribution in [-0.4, -0.2) is 55.0 Å². The predicted molar refractivity (Wildman–Crippen MR) is 79.1 cm³/mol. The molecule has 1 aliphatic rings. The Kier molecular flexibility index (Phi) is 4.62. The lowest BCUT2D eigenvalue weighted by molar-refractivity contribution is -0.128. The highest BCUT2D eigenvalue weighted by atomic mass is 16.5. The van der Waals surface area contributed by atoms with Gasteiger partial charge in [0.15, 0.2) is 0 Å². The van der Waals surface area contributed by atoms with Gasteiger partial charge in [-0.3, -0.25) is 4.79 Å². The third-order valence-corrected chi connectivity index (χ3v) is 3.59. The molecule has 0 unspecified atom stereocenters. The minimum Gasteiger partial charge on any atom is -0.465 e. The molecule has 0 bridgehead atoms. The molecule has 0 spiro atoms. The van der Waals surface area contributed by atoms with E-state index < -0.39 is 5.97 Å². The van der Waals surface area contributed by atoms with Gasteiger partial charge < -0.3 is 20.3 Å². The first-order valence-electron chi connectivity index (χ1n) is 6.87. The molecule has 1 saturated heterocycles. The monoisotopic (exact) mass is 292 g/mol. The van der Waals surface area contributed by atoms with Gasteiger partial charge in [0.05, 0.1) is 24.6 Å². The molecule has 0 aliphatic carbocycles. The largest absolute Gasteiger partial charge is 0.465 e. The van der Waals surface area contributed by atoms with Gasteiger partial charge in [0, 0.05) is 33.1 Å². The second-order valence-corrected chi connectivity index (χ2v) is 4.97. The maximum atomic E-state index is 11.7. The van der Waals surface area contributed by atoms with Gasteiger partial charge >= 0.3 is 5.97 Å². The highest BCUT2D eigenvalue weighted by molar-refractivity contribution is 5.95. The van der Waals surface area contributed by atoms with Crippen molar-refractivity contribution in [2.75, 3.05) is 43.9 Å². The number of nitrogen functional groups attached to an aromatic ring is 1. The number of nitrogens with two attached hydrogens (primary N) is 1. The van der Waals surface area contributed by atoms with Crippen LogP contribution < -0.4 is 10.6 Å². The van der Waals surface area contributed by atoms with Crippen molar-refractivity contribution in [3.63, 3.8) is 0 Å². The van der Waals surface area contributed by atoms with E-state index >= 15 is 0 Å². The maximum absolute atomic E-state index is 11.7. The molecule has 1 fully saturated rings. The number of methoxy groups -OCH3 is 1. The lowest BCUT2D eigenvalue weighted by atomic mass is 10.2. The first kappa shape index (κ1) is 15.1. The van der Waals surface area contributed by atoms with Crippen LogP contribution in [0.4, 0.5) is 11.5 Å². The standard InChI is InChI=1S/C14H20N4O3/c1-10(19)17-4-3-5-18(7-6-17)13-8-11(14(20)21-2)12(15)9-16-13/h8-9H,3-7,15H2,1-2H3. The Hall–Kier alpha value is -2.31. The molecule has 2 rings (SSSR count). The molecule has 114 valence electrons. The number of hydrogen-bond acceptors (Lipinski definition) is 6. The van der Waals surface area contributed by atoms with Gasteiger partial charge in [0.2, 0.25) is 5.91 Å². The summed E-state index contributed by atoms with van der Waals surface area (Å²) < 4.78 is 4.71. The Balaban J connectivity index is 2.18. The van der Waals surface area contributed by atoms with Gasteiger partial charge in [-0.1, -0.05) is 0 Å². The molecule has 0 radical (unpaired) electrons. The minimum atomic E-state index is -0.476. The zero-order valence-electron chi connectivity index (χ0n) is 12.3. The van der Waals surface area contributed by atoms with E-state index in [2.05, 4.69) is 9.88 Å². The summed E-state index contributed by atoms with van der Waals surface area (Å²) in [6, 6.07) is 1.64. The molecular weight excluding hydrogens is 272 g/mol. The van der Waals surface area contributed by atoms with Crippen LogP contribution in [0.3, 0.4) is 0 Å². The van der Waals surface area contributed by atoms with Crippen molar-refractivity contribution in [3.05, 3.63) is 17.8 Å². The lowest BCUT2D eigenvalue weighted by Gasteiger charge is -2.22. The number of anilines is 2. The van der Waals surface area contributed by atoms with E-state index in [4.69, 9.17) is 10.5 Å². The molecule has 21 heavy (non-hydrogen) atoms. The van der Waals surface area contributed by atoms with Gasteiger partial charge in [-0.15, -0.1) is 0 Å². The average molecular weight is 292 g/mol. The number of carbonyl (C=O) groups is 2. The maximum Gasteiger partial charge on any atom is 0.340 e. The Morgan fingerprint density at radius 2 is 2.05 bits per heavy atom. The van der Waals surface area contributed by atoms with Gasteiger partial charge in [0.25, 0.3) is 0 Å². The molecule has 7 nitrogen and oxygen atoms in total. The summed E-state index contributed by atoms with van der Waals surface area (Å²) >= 11 is 0.